The third-order valence-electron chi connectivity index (χ3n) is 5.25. The lowest BCUT2D eigenvalue weighted by atomic mass is 9.92. The van der Waals surface area contributed by atoms with Gasteiger partial charge in [-0.3, -0.25) is 9.59 Å². The van der Waals surface area contributed by atoms with Gasteiger partial charge in [0.15, 0.2) is 5.78 Å². The summed E-state index contributed by atoms with van der Waals surface area (Å²) < 4.78 is 11.9. The molecule has 1 aliphatic rings. The van der Waals surface area contributed by atoms with Crippen molar-refractivity contribution in [3.8, 4) is 23.0 Å². The van der Waals surface area contributed by atoms with E-state index in [2.05, 4.69) is 5.32 Å². The van der Waals surface area contributed by atoms with Crippen molar-refractivity contribution < 1.29 is 19.1 Å². The number of hydrogen-bond donors (Lipinski definition) is 3. The summed E-state index contributed by atoms with van der Waals surface area (Å²) in [5, 5.41) is 2.82. The summed E-state index contributed by atoms with van der Waals surface area (Å²) in [5.41, 5.74) is 13.1. The minimum absolute atomic E-state index is 0.238. The Morgan fingerprint density at radius 1 is 0.781 bits per heavy atom. The van der Waals surface area contributed by atoms with E-state index in [1.807, 2.05) is 0 Å². The van der Waals surface area contributed by atoms with Crippen LogP contribution in [0.5, 0.6) is 23.0 Å². The predicted molar refractivity (Wildman–Crippen MR) is 123 cm³/mol. The quantitative estimate of drug-likeness (QED) is 0.300. The van der Waals surface area contributed by atoms with Crippen LogP contribution in [0.15, 0.2) is 66.7 Å². The highest BCUT2D eigenvalue weighted by molar-refractivity contribution is 6.10. The lowest BCUT2D eigenvalue weighted by molar-refractivity contribution is -0.123. The van der Waals surface area contributed by atoms with Crippen LogP contribution in [-0.2, 0) is 4.79 Å². The average molecular weight is 431 g/mol. The van der Waals surface area contributed by atoms with Crippen LogP contribution in [-0.4, -0.2) is 18.2 Å². The molecule has 1 unspecified atom stereocenters. The number of ketones is 1. The second kappa shape index (κ2) is 9.43. The maximum absolute atomic E-state index is 13.3. The summed E-state index contributed by atoms with van der Waals surface area (Å²) in [4.78, 5) is 25.7. The Hall–Kier alpha value is -4.00. The summed E-state index contributed by atoms with van der Waals surface area (Å²) in [6, 6.07) is 18.8. The Balaban J connectivity index is 1.67. The number of amides is 1. The van der Waals surface area contributed by atoms with Crippen molar-refractivity contribution in [3.63, 3.8) is 0 Å². The van der Waals surface area contributed by atoms with Crippen LogP contribution in [0.4, 0.5) is 11.4 Å². The van der Waals surface area contributed by atoms with E-state index in [0.717, 1.165) is 12.8 Å². The highest BCUT2D eigenvalue weighted by atomic mass is 16.5. The highest BCUT2D eigenvalue weighted by Crippen LogP contribution is 2.32. The van der Waals surface area contributed by atoms with Crippen molar-refractivity contribution in [2.24, 2.45) is 5.92 Å². The van der Waals surface area contributed by atoms with E-state index in [1.54, 1.807) is 66.7 Å². The number of nitrogens with one attached hydrogen (secondary N) is 1. The monoisotopic (exact) mass is 431 g/mol. The van der Waals surface area contributed by atoms with E-state index in [0.29, 0.717) is 52.9 Å². The largest absolute Gasteiger partial charge is 0.457 e. The Labute approximate surface area is 186 Å². The van der Waals surface area contributed by atoms with Crippen LogP contribution in [0.3, 0.4) is 0 Å². The number of rotatable bonds is 6. The van der Waals surface area contributed by atoms with E-state index in [9.17, 15) is 9.59 Å². The van der Waals surface area contributed by atoms with Gasteiger partial charge < -0.3 is 26.3 Å². The second-order valence-electron chi connectivity index (χ2n) is 7.74. The molecule has 1 amide bonds. The number of anilines is 2. The van der Waals surface area contributed by atoms with Gasteiger partial charge in [0.25, 0.3) is 0 Å². The summed E-state index contributed by atoms with van der Waals surface area (Å²) in [6.07, 6.45) is 2.19. The zero-order chi connectivity index (χ0) is 22.5. The molecule has 0 bridgehead atoms. The molecule has 5 N–H and O–H groups in total. The molecule has 1 heterocycles. The first kappa shape index (κ1) is 21.2. The summed E-state index contributed by atoms with van der Waals surface area (Å²) in [7, 11) is 0. The number of hydrogen-bond acceptors (Lipinski definition) is 6. The van der Waals surface area contributed by atoms with Crippen molar-refractivity contribution in [1.82, 2.24) is 5.32 Å². The predicted octanol–water partition coefficient (Wildman–Crippen LogP) is 4.53. The van der Waals surface area contributed by atoms with Crippen LogP contribution in [0.2, 0.25) is 0 Å². The molecule has 0 spiro atoms. The lowest BCUT2D eigenvalue weighted by Crippen LogP contribution is -2.33. The minimum atomic E-state index is -0.728. The van der Waals surface area contributed by atoms with Crippen molar-refractivity contribution in [1.29, 1.82) is 0 Å². The van der Waals surface area contributed by atoms with Crippen molar-refractivity contribution in [2.75, 3.05) is 18.0 Å². The standard InChI is InChI=1S/C25H25N3O4/c26-17-4-8-19(9-5-17)31-21-13-16(24(29)23-3-1-2-12-28-25(23)30)14-22(15-21)32-20-10-6-18(27)7-11-20/h4-11,13-15,23H,1-3,12,26-27H2,(H,28,30). The molecule has 7 nitrogen and oxygen atoms in total. The highest BCUT2D eigenvalue weighted by Gasteiger charge is 2.29. The van der Waals surface area contributed by atoms with Crippen LogP contribution in [0, 0.1) is 5.92 Å². The summed E-state index contributed by atoms with van der Waals surface area (Å²) in [5.74, 6) is 0.741. The van der Waals surface area contributed by atoms with Gasteiger partial charge in [-0.2, -0.15) is 0 Å². The Morgan fingerprint density at radius 2 is 1.31 bits per heavy atom. The fourth-order valence-electron chi connectivity index (χ4n) is 3.57. The SMILES string of the molecule is Nc1ccc(Oc2cc(Oc3ccc(N)cc3)cc(C(=O)C3CCCCNC3=O)c2)cc1. The maximum atomic E-state index is 13.3. The second-order valence-corrected chi connectivity index (χ2v) is 7.74. The van der Waals surface area contributed by atoms with Gasteiger partial charge in [-0.15, -0.1) is 0 Å². The molecule has 3 aromatic rings. The molecule has 0 aliphatic carbocycles. The molecule has 164 valence electrons. The van der Waals surface area contributed by atoms with E-state index in [-0.39, 0.29) is 11.7 Å². The van der Waals surface area contributed by atoms with E-state index < -0.39 is 5.92 Å². The molecule has 0 saturated carbocycles. The Bertz CT molecular complexity index is 1050. The van der Waals surface area contributed by atoms with Gasteiger partial charge in [0.1, 0.15) is 28.9 Å². The molecule has 1 fully saturated rings. The fourth-order valence-corrected chi connectivity index (χ4v) is 3.57. The number of benzene rings is 3. The number of Topliss-reactive ketones (excluding diaryl/α,β-unsaturated/α-hetero) is 1. The number of carbonyl (C=O) groups excluding carboxylic acids is 2. The molecule has 0 aromatic heterocycles. The third kappa shape index (κ3) is 5.18. The average Bonchev–Trinajstić information content (AvgIpc) is 3.00. The first-order chi connectivity index (χ1) is 15.5. The van der Waals surface area contributed by atoms with Crippen LogP contribution >= 0.6 is 0 Å². The van der Waals surface area contributed by atoms with Gasteiger partial charge >= 0.3 is 0 Å². The first-order valence-corrected chi connectivity index (χ1v) is 10.5. The minimum Gasteiger partial charge on any atom is -0.457 e. The maximum Gasteiger partial charge on any atom is 0.230 e. The number of ether oxygens (including phenoxy) is 2. The topological polar surface area (TPSA) is 117 Å². The molecule has 32 heavy (non-hydrogen) atoms. The normalized spacial score (nSPS) is 16.0. The van der Waals surface area contributed by atoms with Crippen LogP contribution < -0.4 is 26.3 Å². The van der Waals surface area contributed by atoms with Crippen molar-refractivity contribution in [3.05, 3.63) is 72.3 Å². The van der Waals surface area contributed by atoms with Gasteiger partial charge in [0.05, 0.1) is 0 Å². The van der Waals surface area contributed by atoms with Crippen LogP contribution in [0.25, 0.3) is 0 Å². The third-order valence-corrected chi connectivity index (χ3v) is 5.25. The van der Waals surface area contributed by atoms with E-state index in [1.165, 1.54) is 0 Å². The smallest absolute Gasteiger partial charge is 0.230 e. The Morgan fingerprint density at radius 3 is 1.84 bits per heavy atom. The van der Waals surface area contributed by atoms with Crippen LogP contribution in [0.1, 0.15) is 29.6 Å². The first-order valence-electron chi connectivity index (χ1n) is 10.5. The molecular formula is C25H25N3O4. The summed E-state index contributed by atoms with van der Waals surface area (Å²) >= 11 is 0. The number of nitrogen functional groups attached to an aromatic ring is 2. The number of nitrogens with two attached hydrogens (primary N) is 2. The number of carbonyl (C=O) groups is 2. The van der Waals surface area contributed by atoms with Gasteiger partial charge in [-0.25, -0.2) is 0 Å². The molecule has 1 saturated heterocycles. The molecule has 0 radical (unpaired) electrons. The van der Waals surface area contributed by atoms with Gasteiger partial charge in [-0.05, 0) is 73.5 Å². The summed E-state index contributed by atoms with van der Waals surface area (Å²) in [6.45, 7) is 0.592. The van der Waals surface area contributed by atoms with E-state index >= 15 is 0 Å². The molecule has 1 atom stereocenters. The van der Waals surface area contributed by atoms with Crippen molar-refractivity contribution >= 4 is 23.1 Å². The van der Waals surface area contributed by atoms with Gasteiger partial charge in [-0.1, -0.05) is 6.42 Å². The lowest BCUT2D eigenvalue weighted by Gasteiger charge is -2.15. The molecule has 7 heteroatoms. The Kier molecular flexibility index (Phi) is 6.26. The fraction of sp³-hybridized carbons (Fsp3) is 0.200. The molecular weight excluding hydrogens is 406 g/mol. The van der Waals surface area contributed by atoms with Crippen molar-refractivity contribution in [2.45, 2.75) is 19.3 Å². The van der Waals surface area contributed by atoms with Gasteiger partial charge in [0.2, 0.25) is 5.91 Å². The van der Waals surface area contributed by atoms with E-state index in [4.69, 9.17) is 20.9 Å². The molecule has 1 aliphatic heterocycles. The molecule has 4 rings (SSSR count). The zero-order valence-corrected chi connectivity index (χ0v) is 17.5. The van der Waals surface area contributed by atoms with Gasteiger partial charge in [0, 0.05) is 29.5 Å². The molecule has 3 aromatic carbocycles. The zero-order valence-electron chi connectivity index (χ0n) is 17.5.